The minimum atomic E-state index is -0.977. The highest BCUT2D eigenvalue weighted by Crippen LogP contribution is 2.18. The third-order valence-electron chi connectivity index (χ3n) is 3.20. The minimum absolute atomic E-state index is 0.128. The van der Waals surface area contributed by atoms with Gasteiger partial charge in [-0.15, -0.1) is 11.3 Å². The maximum absolute atomic E-state index is 10.8. The van der Waals surface area contributed by atoms with Crippen molar-refractivity contribution in [2.24, 2.45) is 0 Å². The van der Waals surface area contributed by atoms with Crippen LogP contribution in [0.4, 0.5) is 11.4 Å². The Labute approximate surface area is 128 Å². The van der Waals surface area contributed by atoms with Gasteiger partial charge in [-0.3, -0.25) is 0 Å². The molecule has 0 aliphatic carbocycles. The molecule has 0 saturated carbocycles. The van der Waals surface area contributed by atoms with Crippen LogP contribution in [0.25, 0.3) is 0 Å². The van der Waals surface area contributed by atoms with E-state index in [0.717, 1.165) is 35.8 Å². The lowest BCUT2D eigenvalue weighted by Crippen LogP contribution is -2.21. The molecule has 0 aliphatic rings. The molecule has 0 saturated heterocycles. The van der Waals surface area contributed by atoms with Crippen LogP contribution in [-0.4, -0.2) is 29.1 Å². The van der Waals surface area contributed by atoms with Gasteiger partial charge in [0, 0.05) is 29.8 Å². The van der Waals surface area contributed by atoms with E-state index < -0.39 is 5.97 Å². The van der Waals surface area contributed by atoms with E-state index in [0.29, 0.717) is 6.54 Å². The van der Waals surface area contributed by atoms with E-state index in [1.807, 2.05) is 12.1 Å². The van der Waals surface area contributed by atoms with E-state index in [9.17, 15) is 4.79 Å². The molecule has 0 amide bonds. The summed E-state index contributed by atoms with van der Waals surface area (Å²) >= 11 is 1.15. The Kier molecular flexibility index (Phi) is 5.16. The van der Waals surface area contributed by atoms with Crippen molar-refractivity contribution in [3.63, 3.8) is 0 Å². The summed E-state index contributed by atoms with van der Waals surface area (Å²) in [6.45, 7) is 6.77. The van der Waals surface area contributed by atoms with Crippen molar-refractivity contribution in [3.8, 4) is 0 Å². The molecule has 2 rings (SSSR count). The quantitative estimate of drug-likeness (QED) is 0.821. The number of thiazole rings is 1. The van der Waals surface area contributed by atoms with Crippen LogP contribution in [0.1, 0.15) is 29.3 Å². The van der Waals surface area contributed by atoms with Gasteiger partial charge in [-0.25, -0.2) is 9.78 Å². The molecule has 0 aliphatic heterocycles. The molecule has 1 aromatic heterocycles. The Hall–Kier alpha value is -2.08. The first kappa shape index (κ1) is 15.3. The standard InChI is InChI=1S/C15H19N3O2S/c1-3-18(4-2)13-7-5-11(6-8-13)16-9-12-10-21-14(17-12)15(19)20/h5-8,10,16H,3-4,9H2,1-2H3,(H,19,20). The number of carboxylic acids is 1. The van der Waals surface area contributed by atoms with E-state index in [4.69, 9.17) is 5.11 Å². The molecule has 0 bridgehead atoms. The molecule has 112 valence electrons. The van der Waals surface area contributed by atoms with Gasteiger partial charge in [0.1, 0.15) is 0 Å². The van der Waals surface area contributed by atoms with Crippen molar-refractivity contribution in [3.05, 3.63) is 40.3 Å². The molecule has 2 N–H and O–H groups in total. The van der Waals surface area contributed by atoms with Crippen molar-refractivity contribution in [2.75, 3.05) is 23.3 Å². The van der Waals surface area contributed by atoms with E-state index in [2.05, 4.69) is 41.2 Å². The van der Waals surface area contributed by atoms with Crippen LogP contribution < -0.4 is 10.2 Å². The predicted octanol–water partition coefficient (Wildman–Crippen LogP) is 3.30. The van der Waals surface area contributed by atoms with Crippen LogP contribution in [0.15, 0.2) is 29.6 Å². The molecule has 5 nitrogen and oxygen atoms in total. The Morgan fingerprint density at radius 3 is 2.48 bits per heavy atom. The number of nitrogens with one attached hydrogen (secondary N) is 1. The van der Waals surface area contributed by atoms with Crippen molar-refractivity contribution >= 4 is 28.7 Å². The fraction of sp³-hybridized carbons (Fsp3) is 0.333. The first-order valence-electron chi connectivity index (χ1n) is 6.90. The Bertz CT molecular complexity index is 591. The minimum Gasteiger partial charge on any atom is -0.476 e. The smallest absolute Gasteiger partial charge is 0.365 e. The first-order chi connectivity index (χ1) is 10.1. The SMILES string of the molecule is CCN(CC)c1ccc(NCc2csc(C(=O)O)n2)cc1. The second-order valence-corrected chi connectivity index (χ2v) is 5.38. The average Bonchev–Trinajstić information content (AvgIpc) is 2.97. The van der Waals surface area contributed by atoms with Crippen LogP contribution in [0.3, 0.4) is 0 Å². The van der Waals surface area contributed by atoms with Crippen molar-refractivity contribution in [2.45, 2.75) is 20.4 Å². The number of carboxylic acid groups (broad SMARTS) is 1. The summed E-state index contributed by atoms with van der Waals surface area (Å²) in [5.41, 5.74) is 2.94. The van der Waals surface area contributed by atoms with Crippen LogP contribution >= 0.6 is 11.3 Å². The van der Waals surface area contributed by atoms with Gasteiger partial charge in [-0.1, -0.05) is 0 Å². The number of carbonyl (C=O) groups is 1. The molecule has 1 heterocycles. The lowest BCUT2D eigenvalue weighted by Gasteiger charge is -2.21. The fourth-order valence-electron chi connectivity index (χ4n) is 2.06. The highest BCUT2D eigenvalue weighted by atomic mass is 32.1. The van der Waals surface area contributed by atoms with E-state index in [-0.39, 0.29) is 5.01 Å². The zero-order chi connectivity index (χ0) is 15.2. The normalized spacial score (nSPS) is 10.4. The van der Waals surface area contributed by atoms with Crippen molar-refractivity contribution in [1.29, 1.82) is 0 Å². The van der Waals surface area contributed by atoms with Gasteiger partial charge in [0.05, 0.1) is 12.2 Å². The lowest BCUT2D eigenvalue weighted by molar-refractivity contribution is 0.0696. The summed E-state index contributed by atoms with van der Waals surface area (Å²) in [6.07, 6.45) is 0. The molecule has 6 heteroatoms. The monoisotopic (exact) mass is 305 g/mol. The van der Waals surface area contributed by atoms with Gasteiger partial charge in [0.25, 0.3) is 0 Å². The van der Waals surface area contributed by atoms with Gasteiger partial charge in [0.2, 0.25) is 5.01 Å². The van der Waals surface area contributed by atoms with Gasteiger partial charge in [-0.05, 0) is 38.1 Å². The Morgan fingerprint density at radius 2 is 1.95 bits per heavy atom. The summed E-state index contributed by atoms with van der Waals surface area (Å²) in [6, 6.07) is 8.22. The topological polar surface area (TPSA) is 65.5 Å². The molecule has 0 unspecified atom stereocenters. The van der Waals surface area contributed by atoms with E-state index in [1.165, 1.54) is 5.69 Å². The van der Waals surface area contributed by atoms with Gasteiger partial charge in [-0.2, -0.15) is 0 Å². The summed E-state index contributed by atoms with van der Waals surface area (Å²) in [5.74, 6) is -0.977. The number of hydrogen-bond acceptors (Lipinski definition) is 5. The highest BCUT2D eigenvalue weighted by Gasteiger charge is 2.08. The van der Waals surface area contributed by atoms with E-state index in [1.54, 1.807) is 5.38 Å². The van der Waals surface area contributed by atoms with Crippen LogP contribution in [0, 0.1) is 0 Å². The van der Waals surface area contributed by atoms with Crippen LogP contribution in [0.2, 0.25) is 0 Å². The zero-order valence-corrected chi connectivity index (χ0v) is 13.0. The fourth-order valence-corrected chi connectivity index (χ4v) is 2.71. The Balaban J connectivity index is 1.95. The number of aromatic carboxylic acids is 1. The number of rotatable bonds is 7. The lowest BCUT2D eigenvalue weighted by atomic mass is 10.2. The summed E-state index contributed by atoms with van der Waals surface area (Å²) < 4.78 is 0. The summed E-state index contributed by atoms with van der Waals surface area (Å²) in [7, 11) is 0. The van der Waals surface area contributed by atoms with E-state index >= 15 is 0 Å². The van der Waals surface area contributed by atoms with Gasteiger partial charge in [0.15, 0.2) is 0 Å². The number of aromatic nitrogens is 1. The number of anilines is 2. The van der Waals surface area contributed by atoms with Crippen LogP contribution in [0.5, 0.6) is 0 Å². The third-order valence-corrected chi connectivity index (χ3v) is 4.08. The third kappa shape index (κ3) is 3.95. The summed E-state index contributed by atoms with van der Waals surface area (Å²) in [4.78, 5) is 17.1. The maximum Gasteiger partial charge on any atom is 0.365 e. The molecule has 0 radical (unpaired) electrons. The molecular formula is C15H19N3O2S. The molecule has 0 atom stereocenters. The molecule has 21 heavy (non-hydrogen) atoms. The second-order valence-electron chi connectivity index (χ2n) is 4.52. The predicted molar refractivity (Wildman–Crippen MR) is 86.4 cm³/mol. The largest absolute Gasteiger partial charge is 0.476 e. The summed E-state index contributed by atoms with van der Waals surface area (Å²) in [5, 5.41) is 14.0. The molecular weight excluding hydrogens is 286 g/mol. The molecule has 0 spiro atoms. The average molecular weight is 305 g/mol. The van der Waals surface area contributed by atoms with Crippen molar-refractivity contribution < 1.29 is 9.90 Å². The van der Waals surface area contributed by atoms with Crippen molar-refractivity contribution in [1.82, 2.24) is 4.98 Å². The number of benzene rings is 1. The second kappa shape index (κ2) is 7.08. The molecule has 1 aromatic carbocycles. The highest BCUT2D eigenvalue weighted by molar-refractivity contribution is 7.11. The number of nitrogens with zero attached hydrogens (tertiary/aromatic N) is 2. The van der Waals surface area contributed by atoms with Crippen LogP contribution in [-0.2, 0) is 6.54 Å². The zero-order valence-electron chi connectivity index (χ0n) is 12.2. The Morgan fingerprint density at radius 1 is 1.29 bits per heavy atom. The molecule has 0 fully saturated rings. The molecule has 2 aromatic rings. The maximum atomic E-state index is 10.8. The van der Waals surface area contributed by atoms with Gasteiger partial charge >= 0.3 is 5.97 Å². The first-order valence-corrected chi connectivity index (χ1v) is 7.78. The van der Waals surface area contributed by atoms with Gasteiger partial charge < -0.3 is 15.3 Å². The number of hydrogen-bond donors (Lipinski definition) is 2.